The van der Waals surface area contributed by atoms with Crippen molar-refractivity contribution in [3.8, 4) is 0 Å². The molecule has 0 unspecified atom stereocenters. The van der Waals surface area contributed by atoms with E-state index in [1.54, 1.807) is 0 Å². The van der Waals surface area contributed by atoms with Gasteiger partial charge in [-0.1, -0.05) is 13.8 Å². The number of halogens is 3. The second-order valence-corrected chi connectivity index (χ2v) is 9.15. The topological polar surface area (TPSA) is 95.0 Å². The Morgan fingerprint density at radius 1 is 1.12 bits per heavy atom. The smallest absolute Gasteiger partial charge is 0.475 e. The fourth-order valence-corrected chi connectivity index (χ4v) is 5.29. The molecule has 0 spiro atoms. The van der Waals surface area contributed by atoms with Crippen LogP contribution < -0.4 is 0 Å². The van der Waals surface area contributed by atoms with E-state index in [1.165, 1.54) is 0 Å². The van der Waals surface area contributed by atoms with Crippen molar-refractivity contribution in [3.63, 3.8) is 0 Å². The largest absolute Gasteiger partial charge is 0.490 e. The predicted molar refractivity (Wildman–Crippen MR) is 88.3 cm³/mol. The van der Waals surface area contributed by atoms with E-state index in [0.717, 1.165) is 6.42 Å². The maximum Gasteiger partial charge on any atom is 0.490 e. The van der Waals surface area contributed by atoms with Gasteiger partial charge in [0, 0.05) is 31.6 Å². The molecule has 2 saturated heterocycles. The minimum absolute atomic E-state index is 0.0190. The number of alkyl halides is 3. The van der Waals surface area contributed by atoms with E-state index in [0.29, 0.717) is 26.1 Å². The molecule has 0 saturated carbocycles. The summed E-state index contributed by atoms with van der Waals surface area (Å²) in [5, 5.41) is 6.83. The van der Waals surface area contributed by atoms with Crippen LogP contribution in [0.1, 0.15) is 26.7 Å². The molecule has 2 fully saturated rings. The van der Waals surface area contributed by atoms with Gasteiger partial charge >= 0.3 is 12.1 Å². The molecule has 2 heterocycles. The van der Waals surface area contributed by atoms with Gasteiger partial charge in [-0.15, -0.1) is 0 Å². The number of aliphatic carboxylic acids is 1. The first-order valence-corrected chi connectivity index (χ1v) is 9.99. The van der Waals surface area contributed by atoms with Gasteiger partial charge in [-0.25, -0.2) is 13.2 Å². The fourth-order valence-electron chi connectivity index (χ4n) is 3.16. The normalized spacial score (nSPS) is 26.3. The van der Waals surface area contributed by atoms with Crippen molar-refractivity contribution < 1.29 is 36.3 Å². The lowest BCUT2D eigenvalue weighted by Crippen LogP contribution is -2.52. The first-order valence-electron chi connectivity index (χ1n) is 8.28. The van der Waals surface area contributed by atoms with E-state index in [9.17, 15) is 26.4 Å². The summed E-state index contributed by atoms with van der Waals surface area (Å²) in [7, 11) is -0.997. The minimum atomic E-state index is -5.08. The van der Waals surface area contributed by atoms with Crippen LogP contribution in [0.4, 0.5) is 13.2 Å². The van der Waals surface area contributed by atoms with E-state index >= 15 is 0 Å². The van der Waals surface area contributed by atoms with Crippen LogP contribution in [0.2, 0.25) is 0 Å². The SMILES string of the molecule is CC(C)C(=O)N1CC[C@@H]2[C@H](CC1)N(C)CCS2(=O)=O.O=C(O)C(F)(F)F. The highest BCUT2D eigenvalue weighted by atomic mass is 32.2. The number of carbonyl (C=O) groups excluding carboxylic acids is 1. The third kappa shape index (κ3) is 5.83. The number of carboxylic acids is 1. The molecule has 0 bridgehead atoms. The lowest BCUT2D eigenvalue weighted by Gasteiger charge is -2.37. The van der Waals surface area contributed by atoms with Gasteiger partial charge in [-0.05, 0) is 19.9 Å². The summed E-state index contributed by atoms with van der Waals surface area (Å²) in [6, 6.07) is 0.0729. The maximum absolute atomic E-state index is 12.2. The molecular weight excluding hydrogens is 377 g/mol. The van der Waals surface area contributed by atoms with Gasteiger partial charge in [-0.3, -0.25) is 4.79 Å². The summed E-state index contributed by atoms with van der Waals surface area (Å²) in [5.74, 6) is -2.39. The van der Waals surface area contributed by atoms with Gasteiger partial charge in [0.05, 0.1) is 11.0 Å². The lowest BCUT2D eigenvalue weighted by atomic mass is 10.1. The zero-order valence-electron chi connectivity index (χ0n) is 15.0. The first-order chi connectivity index (χ1) is 11.8. The molecule has 2 aliphatic heterocycles. The first kappa shape index (κ1) is 22.7. The van der Waals surface area contributed by atoms with Crippen LogP contribution in [0.15, 0.2) is 0 Å². The number of amides is 1. The second-order valence-electron chi connectivity index (χ2n) is 6.81. The number of nitrogens with zero attached hydrogens (tertiary/aromatic N) is 2. The molecular formula is C15H25F3N2O5S. The van der Waals surface area contributed by atoms with Crippen molar-refractivity contribution in [2.75, 3.05) is 32.4 Å². The number of fused-ring (bicyclic) bond motifs is 1. The average molecular weight is 402 g/mol. The van der Waals surface area contributed by atoms with E-state index < -0.39 is 22.0 Å². The molecule has 1 N–H and O–H groups in total. The molecule has 1 amide bonds. The van der Waals surface area contributed by atoms with E-state index in [-0.39, 0.29) is 28.9 Å². The van der Waals surface area contributed by atoms with Crippen LogP contribution in [0, 0.1) is 5.92 Å². The fraction of sp³-hybridized carbons (Fsp3) is 0.867. The van der Waals surface area contributed by atoms with Gasteiger partial charge in [-0.2, -0.15) is 13.2 Å². The third-order valence-corrected chi connectivity index (χ3v) is 6.84. The Bertz CT molecular complexity index is 621. The standard InChI is InChI=1S/C13H24N2O3S.C2HF3O2/c1-10(2)13(16)15-6-4-11-12(5-7-15)19(17,18)9-8-14(11)3;3-2(4,5)1(6)7/h10-12H,4-9H2,1-3H3;(H,6,7)/t11-,12+;/m0./s1. The van der Waals surface area contributed by atoms with Crippen molar-refractivity contribution in [1.82, 2.24) is 9.80 Å². The Hall–Kier alpha value is -1.36. The van der Waals surface area contributed by atoms with Crippen molar-refractivity contribution in [1.29, 1.82) is 0 Å². The summed E-state index contributed by atoms with van der Waals surface area (Å²) < 4.78 is 56.1. The van der Waals surface area contributed by atoms with E-state index in [1.807, 2.05) is 25.8 Å². The number of carboxylic acid groups (broad SMARTS) is 1. The Kier molecular flexibility index (Phi) is 7.46. The van der Waals surface area contributed by atoms with Gasteiger partial charge in [0.15, 0.2) is 9.84 Å². The van der Waals surface area contributed by atoms with Crippen molar-refractivity contribution in [2.24, 2.45) is 5.92 Å². The predicted octanol–water partition coefficient (Wildman–Crippen LogP) is 0.996. The highest BCUT2D eigenvalue weighted by molar-refractivity contribution is 7.92. The molecule has 0 aromatic rings. The summed E-state index contributed by atoms with van der Waals surface area (Å²) in [4.78, 5) is 24.9. The third-order valence-electron chi connectivity index (χ3n) is 4.61. The molecule has 7 nitrogen and oxygen atoms in total. The molecule has 0 aliphatic carbocycles. The van der Waals surface area contributed by atoms with Gasteiger partial charge in [0.25, 0.3) is 0 Å². The van der Waals surface area contributed by atoms with Crippen molar-refractivity contribution in [3.05, 3.63) is 0 Å². The van der Waals surface area contributed by atoms with Crippen LogP contribution in [0.5, 0.6) is 0 Å². The van der Waals surface area contributed by atoms with Gasteiger partial charge in [0.2, 0.25) is 5.91 Å². The van der Waals surface area contributed by atoms with Crippen LogP contribution in [0.25, 0.3) is 0 Å². The molecule has 0 radical (unpaired) electrons. The number of sulfone groups is 1. The zero-order valence-corrected chi connectivity index (χ0v) is 15.8. The Labute approximate surface area is 151 Å². The maximum atomic E-state index is 12.2. The number of likely N-dealkylation sites (tertiary alicyclic amines) is 1. The molecule has 11 heteroatoms. The summed E-state index contributed by atoms with van der Waals surface area (Å²) in [6.07, 6.45) is -3.74. The lowest BCUT2D eigenvalue weighted by molar-refractivity contribution is -0.192. The van der Waals surface area contributed by atoms with Crippen molar-refractivity contribution in [2.45, 2.75) is 44.2 Å². The van der Waals surface area contributed by atoms with Crippen molar-refractivity contribution >= 4 is 21.7 Å². The Morgan fingerprint density at radius 2 is 1.62 bits per heavy atom. The highest BCUT2D eigenvalue weighted by Gasteiger charge is 2.42. The Morgan fingerprint density at radius 3 is 2.08 bits per heavy atom. The summed E-state index contributed by atoms with van der Waals surface area (Å²) in [5.41, 5.74) is 0. The number of hydrogen-bond donors (Lipinski definition) is 1. The molecule has 2 atom stereocenters. The van der Waals surface area contributed by atoms with Crippen LogP contribution in [-0.2, 0) is 19.4 Å². The average Bonchev–Trinajstić information content (AvgIpc) is 2.74. The Balaban J connectivity index is 0.000000412. The molecule has 2 rings (SSSR count). The number of hydrogen-bond acceptors (Lipinski definition) is 5. The zero-order chi connectivity index (χ0) is 20.3. The van der Waals surface area contributed by atoms with Gasteiger partial charge in [0.1, 0.15) is 0 Å². The van der Waals surface area contributed by atoms with Gasteiger partial charge < -0.3 is 14.9 Å². The van der Waals surface area contributed by atoms with Crippen LogP contribution >= 0.6 is 0 Å². The second kappa shape index (κ2) is 8.55. The van der Waals surface area contributed by atoms with E-state index in [4.69, 9.17) is 9.90 Å². The minimum Gasteiger partial charge on any atom is -0.475 e. The summed E-state index contributed by atoms with van der Waals surface area (Å²) in [6.45, 7) is 5.65. The molecule has 0 aromatic carbocycles. The summed E-state index contributed by atoms with van der Waals surface area (Å²) >= 11 is 0. The molecule has 152 valence electrons. The number of rotatable bonds is 1. The molecule has 2 aliphatic rings. The molecule has 26 heavy (non-hydrogen) atoms. The molecule has 0 aromatic heterocycles. The monoisotopic (exact) mass is 402 g/mol. The highest BCUT2D eigenvalue weighted by Crippen LogP contribution is 2.27. The quantitative estimate of drug-likeness (QED) is 0.703. The number of carbonyl (C=O) groups is 2. The van der Waals surface area contributed by atoms with Crippen LogP contribution in [-0.4, -0.2) is 85.1 Å². The van der Waals surface area contributed by atoms with E-state index in [2.05, 4.69) is 4.90 Å². The van der Waals surface area contributed by atoms with Crippen LogP contribution in [0.3, 0.4) is 0 Å².